The Morgan fingerprint density at radius 1 is 0.824 bits per heavy atom. The molecule has 2 heterocycles. The Labute approximate surface area is 206 Å². The van der Waals surface area contributed by atoms with Gasteiger partial charge in [-0.15, -0.1) is 11.8 Å². The predicted molar refractivity (Wildman–Crippen MR) is 130 cm³/mol. The second-order valence-electron chi connectivity index (χ2n) is 8.83. The number of hydrogen-bond acceptors (Lipinski definition) is 8. The molecule has 34 heavy (non-hydrogen) atoms. The average Bonchev–Trinajstić information content (AvgIpc) is 3.18. The Morgan fingerprint density at radius 3 is 1.94 bits per heavy atom. The Kier molecular flexibility index (Phi) is 8.39. The monoisotopic (exact) mass is 490 g/mol. The smallest absolute Gasteiger partial charge is 0.164 e. The van der Waals surface area contributed by atoms with Gasteiger partial charge in [0.1, 0.15) is 41.4 Å². The van der Waals surface area contributed by atoms with E-state index in [9.17, 15) is 0 Å². The fourth-order valence-corrected chi connectivity index (χ4v) is 5.02. The van der Waals surface area contributed by atoms with Crippen molar-refractivity contribution in [1.29, 1.82) is 0 Å². The molecule has 0 bridgehead atoms. The lowest BCUT2D eigenvalue weighted by Crippen LogP contribution is -2.57. The van der Waals surface area contributed by atoms with Crippen LogP contribution in [-0.2, 0) is 36.9 Å². The highest BCUT2D eigenvalue weighted by Crippen LogP contribution is 2.41. The topological polar surface area (TPSA) is 64.6 Å². The molecular formula is C26H34O7S. The molecule has 0 aliphatic carbocycles. The predicted octanol–water partition coefficient (Wildman–Crippen LogP) is 4.41. The van der Waals surface area contributed by atoms with Crippen LogP contribution in [0.3, 0.4) is 0 Å². The fraction of sp³-hybridized carbons (Fsp3) is 0.538. The van der Waals surface area contributed by atoms with Gasteiger partial charge in [0.15, 0.2) is 5.79 Å². The van der Waals surface area contributed by atoms with Gasteiger partial charge in [0.2, 0.25) is 0 Å². The first kappa shape index (κ1) is 25.3. The van der Waals surface area contributed by atoms with Crippen LogP contribution in [0.2, 0.25) is 0 Å². The van der Waals surface area contributed by atoms with Crippen molar-refractivity contribution >= 4 is 11.8 Å². The van der Waals surface area contributed by atoms with E-state index >= 15 is 0 Å². The van der Waals surface area contributed by atoms with E-state index in [1.807, 2.05) is 68.6 Å². The van der Waals surface area contributed by atoms with Crippen LogP contribution in [0.25, 0.3) is 0 Å². The SMILES string of the molecule is COc1ccc(COC[C@H]2O[C@@H](SC)[C@H](OCc3ccc(OC)cc3)[C@H]3OC(C)(C)O[C@H]32)cc1. The highest BCUT2D eigenvalue weighted by atomic mass is 32.2. The van der Waals surface area contributed by atoms with E-state index in [0.29, 0.717) is 19.8 Å². The van der Waals surface area contributed by atoms with Gasteiger partial charge >= 0.3 is 0 Å². The Hall–Kier alpha value is -1.81. The second-order valence-corrected chi connectivity index (χ2v) is 9.77. The lowest BCUT2D eigenvalue weighted by atomic mass is 10.00. The van der Waals surface area contributed by atoms with Gasteiger partial charge < -0.3 is 33.2 Å². The van der Waals surface area contributed by atoms with Crippen LogP contribution >= 0.6 is 11.8 Å². The summed E-state index contributed by atoms with van der Waals surface area (Å²) >= 11 is 1.61. The summed E-state index contributed by atoms with van der Waals surface area (Å²) in [5, 5.41) is 0. The zero-order valence-corrected chi connectivity index (χ0v) is 21.2. The minimum Gasteiger partial charge on any atom is -0.497 e. The van der Waals surface area contributed by atoms with Crippen LogP contribution in [0.15, 0.2) is 48.5 Å². The Balaban J connectivity index is 1.40. The molecule has 0 saturated carbocycles. The van der Waals surface area contributed by atoms with Crippen LogP contribution in [0.1, 0.15) is 25.0 Å². The average molecular weight is 491 g/mol. The van der Waals surface area contributed by atoms with E-state index in [2.05, 4.69) is 0 Å². The van der Waals surface area contributed by atoms with Gasteiger partial charge in [0, 0.05) is 0 Å². The number of hydrogen-bond donors (Lipinski definition) is 0. The number of ether oxygens (including phenoxy) is 7. The van der Waals surface area contributed by atoms with E-state index in [1.165, 1.54) is 0 Å². The van der Waals surface area contributed by atoms with Crippen LogP contribution < -0.4 is 9.47 Å². The summed E-state index contributed by atoms with van der Waals surface area (Å²) in [6.45, 7) is 5.17. The van der Waals surface area contributed by atoms with Gasteiger partial charge in [-0.05, 0) is 55.5 Å². The van der Waals surface area contributed by atoms with Gasteiger partial charge in [-0.3, -0.25) is 0 Å². The Morgan fingerprint density at radius 2 is 1.38 bits per heavy atom. The summed E-state index contributed by atoms with van der Waals surface area (Å²) in [4.78, 5) is 0. The van der Waals surface area contributed by atoms with Crippen molar-refractivity contribution in [2.75, 3.05) is 27.1 Å². The molecule has 186 valence electrons. The number of methoxy groups -OCH3 is 2. The third-order valence-corrected chi connectivity index (χ3v) is 6.82. The highest BCUT2D eigenvalue weighted by molar-refractivity contribution is 7.99. The molecule has 2 fully saturated rings. The molecular weight excluding hydrogens is 456 g/mol. The third kappa shape index (κ3) is 6.05. The molecule has 2 aliphatic rings. The van der Waals surface area contributed by atoms with Gasteiger partial charge in [-0.1, -0.05) is 24.3 Å². The molecule has 5 atom stereocenters. The molecule has 0 radical (unpaired) electrons. The second kappa shape index (κ2) is 11.3. The van der Waals surface area contributed by atoms with Crippen LogP contribution in [0.5, 0.6) is 11.5 Å². The molecule has 7 nitrogen and oxygen atoms in total. The quantitative estimate of drug-likeness (QED) is 0.485. The summed E-state index contributed by atoms with van der Waals surface area (Å²) in [5.41, 5.74) is 1.92. The maximum Gasteiger partial charge on any atom is 0.164 e. The van der Waals surface area contributed by atoms with Crippen molar-refractivity contribution in [3.63, 3.8) is 0 Å². The lowest BCUT2D eigenvalue weighted by Gasteiger charge is -2.41. The van der Waals surface area contributed by atoms with Crippen molar-refractivity contribution in [1.82, 2.24) is 0 Å². The van der Waals surface area contributed by atoms with Crippen molar-refractivity contribution in [3.05, 3.63) is 59.7 Å². The van der Waals surface area contributed by atoms with Gasteiger partial charge in [0.25, 0.3) is 0 Å². The maximum absolute atomic E-state index is 6.42. The number of fused-ring (bicyclic) bond motifs is 1. The molecule has 0 amide bonds. The molecule has 8 heteroatoms. The number of thioether (sulfide) groups is 1. The first-order valence-electron chi connectivity index (χ1n) is 11.4. The van der Waals surface area contributed by atoms with Gasteiger partial charge in [0.05, 0.1) is 34.0 Å². The minimum atomic E-state index is -0.720. The van der Waals surface area contributed by atoms with Gasteiger partial charge in [-0.2, -0.15) is 0 Å². The molecule has 2 aliphatic heterocycles. The lowest BCUT2D eigenvalue weighted by molar-refractivity contribution is -0.192. The van der Waals surface area contributed by atoms with E-state index in [1.54, 1.807) is 26.0 Å². The zero-order chi connectivity index (χ0) is 24.1. The zero-order valence-electron chi connectivity index (χ0n) is 20.4. The van der Waals surface area contributed by atoms with Crippen molar-refractivity contribution in [2.24, 2.45) is 0 Å². The first-order valence-corrected chi connectivity index (χ1v) is 12.7. The van der Waals surface area contributed by atoms with E-state index < -0.39 is 5.79 Å². The molecule has 4 rings (SSSR count). The standard InChI is InChI=1S/C26H34O7S/c1-26(2)32-22-21(16-29-14-17-6-10-19(27-3)11-7-17)31-25(34-5)24(23(22)33-26)30-15-18-8-12-20(28-4)13-9-18/h6-13,21-25H,14-16H2,1-5H3/t21-,22+,23+,24-,25+/m1/s1. The summed E-state index contributed by atoms with van der Waals surface area (Å²) in [5.74, 6) is 0.921. The molecule has 2 aromatic carbocycles. The van der Waals surface area contributed by atoms with Crippen LogP contribution in [-0.4, -0.2) is 62.7 Å². The van der Waals surface area contributed by atoms with E-state index in [-0.39, 0.29) is 29.9 Å². The summed E-state index contributed by atoms with van der Waals surface area (Å²) in [7, 11) is 3.31. The van der Waals surface area contributed by atoms with Crippen molar-refractivity contribution in [2.45, 2.75) is 62.7 Å². The summed E-state index contributed by atoms with van der Waals surface area (Å²) in [6.07, 6.45) is 0.944. The minimum absolute atomic E-state index is 0.202. The largest absolute Gasteiger partial charge is 0.497 e. The van der Waals surface area contributed by atoms with Crippen molar-refractivity contribution in [3.8, 4) is 11.5 Å². The fourth-order valence-electron chi connectivity index (χ4n) is 4.27. The molecule has 2 aromatic rings. The normalized spacial score (nSPS) is 27.9. The molecule has 0 N–H and O–H groups in total. The van der Waals surface area contributed by atoms with Crippen molar-refractivity contribution < 1.29 is 33.2 Å². The number of rotatable bonds is 10. The molecule has 0 aromatic heterocycles. The molecule has 0 spiro atoms. The highest BCUT2D eigenvalue weighted by Gasteiger charge is 2.55. The molecule has 2 saturated heterocycles. The van der Waals surface area contributed by atoms with E-state index in [0.717, 1.165) is 22.6 Å². The van der Waals surface area contributed by atoms with Crippen LogP contribution in [0.4, 0.5) is 0 Å². The van der Waals surface area contributed by atoms with E-state index in [4.69, 9.17) is 33.2 Å². The first-order chi connectivity index (χ1) is 16.4. The third-order valence-electron chi connectivity index (χ3n) is 5.97. The van der Waals surface area contributed by atoms with Gasteiger partial charge in [-0.25, -0.2) is 0 Å². The summed E-state index contributed by atoms with van der Waals surface area (Å²) < 4.78 is 41.8. The molecule has 0 unspecified atom stereocenters. The maximum atomic E-state index is 6.42. The Bertz CT molecular complexity index is 902. The summed E-state index contributed by atoms with van der Waals surface area (Å²) in [6, 6.07) is 15.7. The number of benzene rings is 2. The van der Waals surface area contributed by atoms with Crippen LogP contribution in [0, 0.1) is 0 Å².